The summed E-state index contributed by atoms with van der Waals surface area (Å²) < 4.78 is 10.7. The van der Waals surface area contributed by atoms with Gasteiger partial charge in [0.1, 0.15) is 5.75 Å². The van der Waals surface area contributed by atoms with Crippen LogP contribution in [0.15, 0.2) is 42.7 Å². The minimum atomic E-state index is 0.00279. The molecule has 120 valence electrons. The highest BCUT2D eigenvalue weighted by atomic mass is 16.5. The Bertz CT molecular complexity index is 685. The second kappa shape index (κ2) is 6.79. The minimum Gasteiger partial charge on any atom is -0.497 e. The lowest BCUT2D eigenvalue weighted by Crippen LogP contribution is -2.44. The highest BCUT2D eigenvalue weighted by Crippen LogP contribution is 2.23. The Morgan fingerprint density at radius 3 is 2.74 bits per heavy atom. The van der Waals surface area contributed by atoms with Gasteiger partial charge in [-0.3, -0.25) is 9.78 Å². The second-order valence-electron chi connectivity index (χ2n) is 5.62. The van der Waals surface area contributed by atoms with Crippen molar-refractivity contribution in [2.45, 2.75) is 13.0 Å². The number of benzene rings is 1. The topological polar surface area (TPSA) is 51.7 Å². The molecule has 0 aliphatic carbocycles. The van der Waals surface area contributed by atoms with E-state index in [4.69, 9.17) is 9.47 Å². The number of aromatic nitrogens is 1. The molecule has 1 saturated heterocycles. The van der Waals surface area contributed by atoms with Crippen LogP contribution in [0.2, 0.25) is 0 Å². The van der Waals surface area contributed by atoms with Crippen LogP contribution in [0, 0.1) is 0 Å². The monoisotopic (exact) mass is 312 g/mol. The van der Waals surface area contributed by atoms with Gasteiger partial charge < -0.3 is 14.4 Å². The fraction of sp³-hybridized carbons (Fsp3) is 0.333. The van der Waals surface area contributed by atoms with E-state index in [1.165, 1.54) is 0 Å². The van der Waals surface area contributed by atoms with E-state index in [9.17, 15) is 4.79 Å². The first-order valence-electron chi connectivity index (χ1n) is 7.68. The Hall–Kier alpha value is -2.40. The highest BCUT2D eigenvalue weighted by Gasteiger charge is 2.22. The van der Waals surface area contributed by atoms with E-state index < -0.39 is 0 Å². The lowest BCUT2D eigenvalue weighted by molar-refractivity contribution is -0.0124. The molecule has 0 bridgehead atoms. The Labute approximate surface area is 135 Å². The van der Waals surface area contributed by atoms with Crippen LogP contribution in [0.25, 0.3) is 11.1 Å². The van der Waals surface area contributed by atoms with Gasteiger partial charge in [-0.2, -0.15) is 0 Å². The SMILES string of the molecule is COc1ccc(-c2cncc(C(=O)N3CCOC(C)C3)c2)cc1. The molecule has 0 radical (unpaired) electrons. The molecule has 1 fully saturated rings. The normalized spacial score (nSPS) is 17.8. The number of nitrogens with zero attached hydrogens (tertiary/aromatic N) is 2. The number of pyridine rings is 1. The summed E-state index contributed by atoms with van der Waals surface area (Å²) in [6.45, 7) is 3.80. The number of morpholine rings is 1. The van der Waals surface area contributed by atoms with Gasteiger partial charge in [0.15, 0.2) is 0 Å². The fourth-order valence-corrected chi connectivity index (χ4v) is 2.68. The molecule has 1 aromatic heterocycles. The highest BCUT2D eigenvalue weighted by molar-refractivity contribution is 5.95. The van der Waals surface area contributed by atoms with Crippen molar-refractivity contribution >= 4 is 5.91 Å². The first-order chi connectivity index (χ1) is 11.2. The van der Waals surface area contributed by atoms with Crippen LogP contribution in [-0.2, 0) is 4.74 Å². The Morgan fingerprint density at radius 2 is 2.04 bits per heavy atom. The fourth-order valence-electron chi connectivity index (χ4n) is 2.68. The van der Waals surface area contributed by atoms with Gasteiger partial charge in [0, 0.05) is 31.0 Å². The summed E-state index contributed by atoms with van der Waals surface area (Å²) in [5, 5.41) is 0. The van der Waals surface area contributed by atoms with Gasteiger partial charge in [-0.05, 0) is 30.7 Å². The van der Waals surface area contributed by atoms with E-state index in [2.05, 4.69) is 4.98 Å². The number of carbonyl (C=O) groups excluding carboxylic acids is 1. The van der Waals surface area contributed by atoms with Crippen LogP contribution in [0.3, 0.4) is 0 Å². The lowest BCUT2D eigenvalue weighted by atomic mass is 10.1. The van der Waals surface area contributed by atoms with E-state index in [0.717, 1.165) is 16.9 Å². The number of rotatable bonds is 3. The Morgan fingerprint density at radius 1 is 1.26 bits per heavy atom. The molecule has 1 aliphatic rings. The maximum absolute atomic E-state index is 12.6. The van der Waals surface area contributed by atoms with Crippen molar-refractivity contribution in [3.05, 3.63) is 48.3 Å². The molecule has 1 unspecified atom stereocenters. The smallest absolute Gasteiger partial charge is 0.255 e. The number of amides is 1. The maximum Gasteiger partial charge on any atom is 0.255 e. The summed E-state index contributed by atoms with van der Waals surface area (Å²) in [6.07, 6.45) is 3.46. The summed E-state index contributed by atoms with van der Waals surface area (Å²) in [5.74, 6) is 0.805. The molecule has 23 heavy (non-hydrogen) atoms. The van der Waals surface area contributed by atoms with Crippen LogP contribution < -0.4 is 4.74 Å². The van der Waals surface area contributed by atoms with Gasteiger partial charge in [0.25, 0.3) is 5.91 Å². The lowest BCUT2D eigenvalue weighted by Gasteiger charge is -2.31. The van der Waals surface area contributed by atoms with Crippen molar-refractivity contribution in [3.63, 3.8) is 0 Å². The van der Waals surface area contributed by atoms with Gasteiger partial charge in [-0.1, -0.05) is 12.1 Å². The predicted molar refractivity (Wildman–Crippen MR) is 87.5 cm³/mol. The van der Waals surface area contributed by atoms with Crippen molar-refractivity contribution in [2.24, 2.45) is 0 Å². The van der Waals surface area contributed by atoms with Gasteiger partial charge in [0.2, 0.25) is 0 Å². The largest absolute Gasteiger partial charge is 0.497 e. The van der Waals surface area contributed by atoms with Crippen molar-refractivity contribution in [1.29, 1.82) is 0 Å². The zero-order valence-electron chi connectivity index (χ0n) is 13.4. The predicted octanol–water partition coefficient (Wildman–Crippen LogP) is 2.62. The summed E-state index contributed by atoms with van der Waals surface area (Å²) >= 11 is 0. The quantitative estimate of drug-likeness (QED) is 0.874. The van der Waals surface area contributed by atoms with E-state index in [1.807, 2.05) is 42.2 Å². The zero-order chi connectivity index (χ0) is 16.2. The number of methoxy groups -OCH3 is 1. The molecule has 2 heterocycles. The molecule has 5 heteroatoms. The number of ether oxygens (including phenoxy) is 2. The molecular weight excluding hydrogens is 292 g/mol. The average Bonchev–Trinajstić information content (AvgIpc) is 2.61. The Kier molecular flexibility index (Phi) is 4.57. The minimum absolute atomic E-state index is 0.00279. The molecule has 2 aromatic rings. The third kappa shape index (κ3) is 3.51. The second-order valence-corrected chi connectivity index (χ2v) is 5.62. The summed E-state index contributed by atoms with van der Waals surface area (Å²) in [7, 11) is 1.64. The number of carbonyl (C=O) groups is 1. The summed E-state index contributed by atoms with van der Waals surface area (Å²) in [6, 6.07) is 9.60. The van der Waals surface area contributed by atoms with E-state index >= 15 is 0 Å². The molecule has 3 rings (SSSR count). The number of hydrogen-bond donors (Lipinski definition) is 0. The summed E-state index contributed by atoms with van der Waals surface area (Å²) in [5.41, 5.74) is 2.52. The maximum atomic E-state index is 12.6. The zero-order valence-corrected chi connectivity index (χ0v) is 13.4. The van der Waals surface area contributed by atoms with E-state index in [0.29, 0.717) is 25.3 Å². The molecule has 0 N–H and O–H groups in total. The molecule has 0 saturated carbocycles. The average molecular weight is 312 g/mol. The van der Waals surface area contributed by atoms with Gasteiger partial charge >= 0.3 is 0 Å². The third-order valence-corrected chi connectivity index (χ3v) is 3.94. The first kappa shape index (κ1) is 15.5. The first-order valence-corrected chi connectivity index (χ1v) is 7.68. The van der Waals surface area contributed by atoms with Crippen molar-refractivity contribution < 1.29 is 14.3 Å². The Balaban J connectivity index is 1.82. The van der Waals surface area contributed by atoms with E-state index in [-0.39, 0.29) is 12.0 Å². The van der Waals surface area contributed by atoms with Gasteiger partial charge in [0.05, 0.1) is 25.4 Å². The van der Waals surface area contributed by atoms with Crippen molar-refractivity contribution in [3.8, 4) is 16.9 Å². The molecular formula is C18H20N2O3. The van der Waals surface area contributed by atoms with E-state index in [1.54, 1.807) is 19.5 Å². The van der Waals surface area contributed by atoms with Gasteiger partial charge in [-0.15, -0.1) is 0 Å². The van der Waals surface area contributed by atoms with Crippen molar-refractivity contribution in [2.75, 3.05) is 26.8 Å². The molecule has 0 spiro atoms. The molecule has 1 atom stereocenters. The van der Waals surface area contributed by atoms with Crippen LogP contribution >= 0.6 is 0 Å². The van der Waals surface area contributed by atoms with Crippen LogP contribution in [0.1, 0.15) is 17.3 Å². The summed E-state index contributed by atoms with van der Waals surface area (Å²) in [4.78, 5) is 18.7. The van der Waals surface area contributed by atoms with Crippen molar-refractivity contribution in [1.82, 2.24) is 9.88 Å². The molecule has 1 aliphatic heterocycles. The van der Waals surface area contributed by atoms with Crippen LogP contribution in [0.5, 0.6) is 5.75 Å². The molecule has 1 aromatic carbocycles. The standard InChI is InChI=1S/C18H20N2O3/c1-13-12-20(7-8-23-13)18(21)16-9-15(10-19-11-16)14-3-5-17(22-2)6-4-14/h3-6,9-11,13H,7-8,12H2,1-2H3. The number of hydrogen-bond acceptors (Lipinski definition) is 4. The van der Waals surface area contributed by atoms with Crippen LogP contribution in [-0.4, -0.2) is 48.7 Å². The molecule has 5 nitrogen and oxygen atoms in total. The third-order valence-electron chi connectivity index (χ3n) is 3.94. The van der Waals surface area contributed by atoms with Gasteiger partial charge in [-0.25, -0.2) is 0 Å². The molecule has 1 amide bonds. The van der Waals surface area contributed by atoms with Crippen LogP contribution in [0.4, 0.5) is 0 Å².